The molecule has 0 bridgehead atoms. The van der Waals surface area contributed by atoms with Gasteiger partial charge in [0.05, 0.1) is 88.2 Å². The third-order valence-electron chi connectivity index (χ3n) is 20.6. The van der Waals surface area contributed by atoms with Crippen LogP contribution < -0.4 is 28.4 Å². The summed E-state index contributed by atoms with van der Waals surface area (Å²) in [4.78, 5) is 89.6. The molecule has 3 saturated heterocycles. The number of pyridine rings is 3. The molecule has 0 spiro atoms. The van der Waals surface area contributed by atoms with Crippen molar-refractivity contribution in [2.75, 3.05) is 81.9 Å². The van der Waals surface area contributed by atoms with E-state index in [0.29, 0.717) is 54.1 Å². The molecule has 6 aromatic rings. The molecule has 26 heteroatoms. The molecular formula is C84H112N6O20. The van der Waals surface area contributed by atoms with Gasteiger partial charge in [0.15, 0.2) is 34.5 Å². The normalized spacial score (nSPS) is 21.0. The number of carbonyl (C=O) groups is 6. The van der Waals surface area contributed by atoms with Crippen molar-refractivity contribution in [1.29, 1.82) is 0 Å². The Balaban J connectivity index is 0.000000191. The van der Waals surface area contributed by atoms with E-state index >= 15 is 0 Å². The molecular weight excluding hydrogens is 1410 g/mol. The van der Waals surface area contributed by atoms with E-state index in [1.165, 1.54) is 70.3 Å². The first-order chi connectivity index (χ1) is 52.4. The van der Waals surface area contributed by atoms with Crippen LogP contribution in [0.15, 0.2) is 91.8 Å². The number of aliphatic hydroxyl groups excluding tert-OH is 2. The largest absolute Gasteiger partial charge is 0.493 e. The maximum Gasteiger partial charge on any atom is 0.340 e. The Morgan fingerprint density at radius 2 is 0.673 bits per heavy atom. The lowest BCUT2D eigenvalue weighted by atomic mass is 9.79. The van der Waals surface area contributed by atoms with E-state index in [1.54, 1.807) is 70.4 Å². The van der Waals surface area contributed by atoms with Gasteiger partial charge in [0.25, 0.3) is 0 Å². The number of piperidine rings is 3. The fourth-order valence-electron chi connectivity index (χ4n) is 15.7. The van der Waals surface area contributed by atoms with Gasteiger partial charge in [0.2, 0.25) is 0 Å². The molecule has 0 radical (unpaired) electrons. The van der Waals surface area contributed by atoms with E-state index in [-0.39, 0.29) is 87.8 Å². The van der Waals surface area contributed by atoms with Crippen LogP contribution in [0, 0.1) is 35.5 Å². The van der Waals surface area contributed by atoms with Gasteiger partial charge in [-0.3, -0.25) is 29.7 Å². The summed E-state index contributed by atoms with van der Waals surface area (Å²) in [6.45, 7) is 25.9. The Hall–Kier alpha value is -9.47. The summed E-state index contributed by atoms with van der Waals surface area (Å²) in [5, 5.41) is 44.8. The second-order valence-electron chi connectivity index (χ2n) is 30.7. The number of hydrogen-bond donors (Lipinski definition) is 5. The molecule has 9 heterocycles. The number of nitrogens with zero attached hydrogens (tertiary/aromatic N) is 6. The first-order valence-corrected chi connectivity index (χ1v) is 37.9. The van der Waals surface area contributed by atoms with E-state index < -0.39 is 35.8 Å². The Kier molecular flexibility index (Phi) is 31.3. The van der Waals surface area contributed by atoms with Gasteiger partial charge in [-0.1, -0.05) is 41.5 Å². The van der Waals surface area contributed by atoms with Crippen molar-refractivity contribution in [3.05, 3.63) is 159 Å². The topological polar surface area (TPSA) is 335 Å². The number of hydrogen-bond acceptors (Lipinski definition) is 23. The minimum absolute atomic E-state index is 0.0368. The SMILES string of the molecule is CC(C)O.COc1cc2c(cc1OC)[C@H]1C[C@@H](O)[C@H](CC(C)C)CN1CC2.COc1cc2c(cc1OC)[C@H]1C[C@@H](OC(=O)c3cncc(C(=O)O)c3)[C@H](CC(C)C)CN1CC2.COc1cc2c(cc1OC)[C@H]1C[C@@H](OC(=O)c3cncc(C(=O)OC(C)C)c3)[C@H](CC(C)C)CN1CC2.O=C(O)c1cncc(C(=O)O)c1. The van der Waals surface area contributed by atoms with Gasteiger partial charge in [-0.2, -0.15) is 0 Å². The number of ether oxygens (including phenoxy) is 9. The summed E-state index contributed by atoms with van der Waals surface area (Å²) in [6, 6.07) is 16.9. The second-order valence-corrected chi connectivity index (χ2v) is 30.7. The molecule has 110 heavy (non-hydrogen) atoms. The first-order valence-electron chi connectivity index (χ1n) is 37.9. The van der Waals surface area contributed by atoms with Gasteiger partial charge < -0.3 is 68.2 Å². The number of aromatic carboxylic acids is 3. The second kappa shape index (κ2) is 39.9. The van der Waals surface area contributed by atoms with Crippen molar-refractivity contribution in [1.82, 2.24) is 29.7 Å². The lowest BCUT2D eigenvalue weighted by Gasteiger charge is -2.47. The zero-order chi connectivity index (χ0) is 80.4. The van der Waals surface area contributed by atoms with Crippen molar-refractivity contribution in [3.8, 4) is 34.5 Å². The standard InChI is InChI=1S/C29H38N2O6.C26H32N2O6.C19H29NO3.C7H5NO4.C3H8O/c1-17(2)9-22-16-31-8-7-19-11-26(34-5)27(35-6)12-23(19)24(31)13-25(22)37-29(33)21-10-20(14-30-15-21)28(32)36-18(3)4;1-15(2)7-19-14-28-6-5-16-9-23(32-3)24(33-4)10-20(16)21(28)11-22(19)34-26(31)18-8-17(25(29)30)12-27-13-18;1-12(2)7-14-11-20-6-5-13-8-18(22-3)19(23-4)9-15(13)16(20)10-17(14)21;9-6(10)4-1-5(7(11)12)3-8-2-4;1-3(2)4/h10-12,14-15,17-18,22,24-25H,7-9,13,16H2,1-6H3;8-10,12-13,15,19,21-22H,5-7,11,14H2,1-4H3,(H,29,30);8-9,12,14,16-17,21H,5-7,10-11H2,1-4H3;1-3H,(H,9,10)(H,11,12);3-4H,1-2H3/t22-,24-,25-;19-,21-,22-;14-,16-,17-;;/m111../s1. The lowest BCUT2D eigenvalue weighted by molar-refractivity contribution is -0.0421. The number of methoxy groups -OCH3 is 6. The van der Waals surface area contributed by atoms with Crippen LogP contribution in [0.2, 0.25) is 0 Å². The highest BCUT2D eigenvalue weighted by atomic mass is 16.6. The van der Waals surface area contributed by atoms with Gasteiger partial charge >= 0.3 is 35.8 Å². The highest BCUT2D eigenvalue weighted by Gasteiger charge is 2.44. The summed E-state index contributed by atoms with van der Waals surface area (Å²) in [5.74, 6) is 1.78. The van der Waals surface area contributed by atoms with Gasteiger partial charge in [0.1, 0.15) is 12.2 Å². The van der Waals surface area contributed by atoms with Gasteiger partial charge in [-0.25, -0.2) is 28.8 Å². The van der Waals surface area contributed by atoms with Crippen LogP contribution in [-0.2, 0) is 33.5 Å². The highest BCUT2D eigenvalue weighted by molar-refractivity contribution is 5.96. The molecule has 3 aromatic carbocycles. The van der Waals surface area contributed by atoms with Crippen LogP contribution in [0.4, 0.5) is 0 Å². The molecule has 6 aliphatic rings. The van der Waals surface area contributed by atoms with Crippen LogP contribution in [0.3, 0.4) is 0 Å². The number of benzene rings is 3. The van der Waals surface area contributed by atoms with E-state index in [2.05, 4.69) is 102 Å². The molecule has 0 amide bonds. The molecule has 3 fully saturated rings. The van der Waals surface area contributed by atoms with Crippen molar-refractivity contribution in [2.45, 2.75) is 176 Å². The summed E-state index contributed by atoms with van der Waals surface area (Å²) >= 11 is 0. The van der Waals surface area contributed by atoms with E-state index in [1.807, 2.05) is 6.07 Å². The predicted molar refractivity (Wildman–Crippen MR) is 411 cm³/mol. The third kappa shape index (κ3) is 22.6. The summed E-state index contributed by atoms with van der Waals surface area (Å²) in [6.07, 6.45) is 14.5. The van der Waals surface area contributed by atoms with E-state index in [4.69, 9.17) is 58.0 Å². The highest BCUT2D eigenvalue weighted by Crippen LogP contribution is 2.48. The Morgan fingerprint density at radius 3 is 0.982 bits per heavy atom. The van der Waals surface area contributed by atoms with Crippen molar-refractivity contribution < 1.29 is 96.9 Å². The number of esters is 3. The Labute approximate surface area is 645 Å². The van der Waals surface area contributed by atoms with Crippen LogP contribution in [0.1, 0.15) is 221 Å². The molecule has 26 nitrogen and oxygen atoms in total. The molecule has 6 aliphatic heterocycles. The lowest BCUT2D eigenvalue weighted by Crippen LogP contribution is -2.49. The smallest absolute Gasteiger partial charge is 0.340 e. The fourth-order valence-corrected chi connectivity index (χ4v) is 15.7. The minimum Gasteiger partial charge on any atom is -0.493 e. The van der Waals surface area contributed by atoms with Crippen LogP contribution in [0.25, 0.3) is 0 Å². The third-order valence-corrected chi connectivity index (χ3v) is 20.6. The number of aliphatic hydroxyl groups is 2. The van der Waals surface area contributed by atoms with E-state index in [0.717, 1.165) is 126 Å². The number of fused-ring (bicyclic) bond motifs is 9. The van der Waals surface area contributed by atoms with Crippen LogP contribution in [-0.4, -0.2) is 203 Å². The van der Waals surface area contributed by atoms with Crippen LogP contribution in [0.5, 0.6) is 34.5 Å². The average molecular weight is 1530 g/mol. The Bertz CT molecular complexity index is 4100. The molecule has 598 valence electrons. The molecule has 0 saturated carbocycles. The average Bonchev–Trinajstić information content (AvgIpc) is 0.772. The zero-order valence-electron chi connectivity index (χ0n) is 66.4. The summed E-state index contributed by atoms with van der Waals surface area (Å²) in [5.41, 5.74) is 7.83. The molecule has 9 atom stereocenters. The number of carbonyl (C=O) groups excluding carboxylic acids is 3. The molecule has 0 aliphatic carbocycles. The minimum atomic E-state index is -1.19. The van der Waals surface area contributed by atoms with Gasteiger partial charge in [-0.15, -0.1) is 0 Å². The molecule has 5 N–H and O–H groups in total. The maximum absolute atomic E-state index is 13.3. The van der Waals surface area contributed by atoms with Gasteiger partial charge in [0, 0.05) is 125 Å². The summed E-state index contributed by atoms with van der Waals surface area (Å²) in [7, 11) is 9.93. The first kappa shape index (κ1) is 86.1. The molecule has 0 unspecified atom stereocenters. The number of aromatic nitrogens is 3. The maximum atomic E-state index is 13.3. The fraction of sp³-hybridized carbons (Fsp3) is 0.536. The van der Waals surface area contributed by atoms with Crippen molar-refractivity contribution >= 4 is 35.8 Å². The van der Waals surface area contributed by atoms with Crippen LogP contribution >= 0.6 is 0 Å². The molecule has 12 rings (SSSR count). The molecule has 3 aromatic heterocycles. The van der Waals surface area contributed by atoms with Gasteiger partial charge in [-0.05, 0) is 184 Å². The van der Waals surface area contributed by atoms with Crippen molar-refractivity contribution in [3.63, 3.8) is 0 Å². The monoisotopic (exact) mass is 1520 g/mol. The predicted octanol–water partition coefficient (Wildman–Crippen LogP) is 12.7. The summed E-state index contributed by atoms with van der Waals surface area (Å²) < 4.78 is 50.5. The number of carboxylic acid groups (broad SMARTS) is 3. The van der Waals surface area contributed by atoms with E-state index in [9.17, 15) is 39.0 Å². The zero-order valence-corrected chi connectivity index (χ0v) is 66.4. The van der Waals surface area contributed by atoms with Crippen molar-refractivity contribution in [2.24, 2.45) is 35.5 Å². The Morgan fingerprint density at radius 1 is 0.400 bits per heavy atom. The quantitative estimate of drug-likeness (QED) is 0.0330. The number of rotatable bonds is 21. The number of carboxylic acids is 3.